The monoisotopic (exact) mass is 338 g/mol. The fourth-order valence-electron chi connectivity index (χ4n) is 1.55. The van der Waals surface area contributed by atoms with E-state index in [0.29, 0.717) is 10.7 Å². The number of amides is 2. The van der Waals surface area contributed by atoms with Gasteiger partial charge >= 0.3 is 6.03 Å². The number of aryl methyl sites for hydroxylation is 1. The molecule has 2 aromatic carbocycles. The number of nitrogens with one attached hydrogen (secondary N) is 2. The minimum atomic E-state index is -0.298. The zero-order valence-corrected chi connectivity index (χ0v) is 12.5. The molecule has 0 radical (unpaired) electrons. The molecule has 0 unspecified atom stereocenters. The van der Waals surface area contributed by atoms with E-state index in [2.05, 4.69) is 26.6 Å². The summed E-state index contributed by atoms with van der Waals surface area (Å²) >= 11 is 9.18. The van der Waals surface area contributed by atoms with E-state index in [9.17, 15) is 4.79 Å². The van der Waals surface area contributed by atoms with Gasteiger partial charge in [0, 0.05) is 15.2 Å². The molecule has 98 valence electrons. The molecule has 2 N–H and O–H groups in total. The molecule has 0 fully saturated rings. The summed E-state index contributed by atoms with van der Waals surface area (Å²) in [7, 11) is 0. The lowest BCUT2D eigenvalue weighted by molar-refractivity contribution is 0.262. The topological polar surface area (TPSA) is 41.1 Å². The number of halogens is 2. The Balaban J connectivity index is 2.05. The number of carbonyl (C=O) groups is 1. The predicted octanol–water partition coefficient (Wildman–Crippen LogP) is 5.05. The van der Waals surface area contributed by atoms with Crippen LogP contribution in [0.1, 0.15) is 5.56 Å². The van der Waals surface area contributed by atoms with E-state index in [1.807, 2.05) is 25.1 Å². The molecule has 0 aliphatic carbocycles. The third kappa shape index (κ3) is 3.98. The van der Waals surface area contributed by atoms with Crippen LogP contribution in [-0.4, -0.2) is 6.03 Å². The minimum Gasteiger partial charge on any atom is -0.308 e. The van der Waals surface area contributed by atoms with Gasteiger partial charge in [-0.25, -0.2) is 4.79 Å². The molecule has 0 spiro atoms. The number of anilines is 2. The molecule has 19 heavy (non-hydrogen) atoms. The fourth-order valence-corrected chi connectivity index (χ4v) is 2.02. The second-order valence-corrected chi connectivity index (χ2v) is 5.36. The van der Waals surface area contributed by atoms with Gasteiger partial charge in [0.15, 0.2) is 0 Å². The first-order valence-corrected chi connectivity index (χ1v) is 6.81. The van der Waals surface area contributed by atoms with E-state index in [4.69, 9.17) is 11.6 Å². The Morgan fingerprint density at radius 2 is 1.79 bits per heavy atom. The van der Waals surface area contributed by atoms with Crippen molar-refractivity contribution >= 4 is 44.9 Å². The molecule has 0 aromatic heterocycles. The van der Waals surface area contributed by atoms with E-state index in [-0.39, 0.29) is 6.03 Å². The predicted molar refractivity (Wildman–Crippen MR) is 83.0 cm³/mol. The summed E-state index contributed by atoms with van der Waals surface area (Å²) in [5.74, 6) is 0. The summed E-state index contributed by atoms with van der Waals surface area (Å²) < 4.78 is 0.837. The molecule has 3 nitrogen and oxygen atoms in total. The zero-order chi connectivity index (χ0) is 13.8. The summed E-state index contributed by atoms with van der Waals surface area (Å²) in [6.45, 7) is 1.97. The summed E-state index contributed by atoms with van der Waals surface area (Å²) in [5, 5.41) is 6.15. The fraction of sp³-hybridized carbons (Fsp3) is 0.0714. The first kappa shape index (κ1) is 13.9. The Morgan fingerprint density at radius 3 is 2.47 bits per heavy atom. The van der Waals surface area contributed by atoms with Crippen LogP contribution in [0.4, 0.5) is 16.2 Å². The molecule has 2 amide bonds. The standard InChI is InChI=1S/C14H12BrClN2O/c1-9-2-7-12(15)13(8-9)18-14(19)17-11-5-3-10(16)4-6-11/h2-8H,1H3,(H2,17,18,19). The molecule has 0 aliphatic rings. The van der Waals surface area contributed by atoms with Crippen molar-refractivity contribution in [3.63, 3.8) is 0 Å². The van der Waals surface area contributed by atoms with Crippen LogP contribution in [0.5, 0.6) is 0 Å². The largest absolute Gasteiger partial charge is 0.323 e. The van der Waals surface area contributed by atoms with Crippen molar-refractivity contribution in [2.75, 3.05) is 10.6 Å². The minimum absolute atomic E-state index is 0.298. The number of urea groups is 1. The van der Waals surface area contributed by atoms with Crippen LogP contribution in [-0.2, 0) is 0 Å². The van der Waals surface area contributed by atoms with Crippen LogP contribution in [0.2, 0.25) is 5.02 Å². The van der Waals surface area contributed by atoms with E-state index in [1.165, 1.54) is 0 Å². The maximum atomic E-state index is 11.9. The molecule has 0 saturated carbocycles. The summed E-state index contributed by atoms with van der Waals surface area (Å²) in [5.41, 5.74) is 2.49. The number of hydrogen-bond donors (Lipinski definition) is 2. The molecular weight excluding hydrogens is 328 g/mol. The maximum Gasteiger partial charge on any atom is 0.323 e. The second-order valence-electron chi connectivity index (χ2n) is 4.07. The number of carbonyl (C=O) groups excluding carboxylic acids is 1. The van der Waals surface area contributed by atoms with Gasteiger partial charge in [0.1, 0.15) is 0 Å². The molecule has 0 bridgehead atoms. The van der Waals surface area contributed by atoms with Crippen molar-refractivity contribution in [1.82, 2.24) is 0 Å². The first-order chi connectivity index (χ1) is 9.04. The maximum absolute atomic E-state index is 11.9. The van der Waals surface area contributed by atoms with Gasteiger partial charge in [0.05, 0.1) is 5.69 Å². The first-order valence-electron chi connectivity index (χ1n) is 5.64. The van der Waals surface area contributed by atoms with E-state index in [1.54, 1.807) is 24.3 Å². The normalized spacial score (nSPS) is 10.1. The molecule has 2 aromatic rings. The SMILES string of the molecule is Cc1ccc(Br)c(NC(=O)Nc2ccc(Cl)cc2)c1. The van der Waals surface area contributed by atoms with Gasteiger partial charge in [0.25, 0.3) is 0 Å². The molecule has 0 aliphatic heterocycles. The van der Waals surface area contributed by atoms with Crippen LogP contribution in [0.3, 0.4) is 0 Å². The van der Waals surface area contributed by atoms with Crippen LogP contribution >= 0.6 is 27.5 Å². The van der Waals surface area contributed by atoms with Crippen LogP contribution in [0.15, 0.2) is 46.9 Å². The van der Waals surface area contributed by atoms with Gasteiger partial charge in [-0.15, -0.1) is 0 Å². The highest BCUT2D eigenvalue weighted by Gasteiger charge is 2.05. The van der Waals surface area contributed by atoms with E-state index < -0.39 is 0 Å². The summed E-state index contributed by atoms with van der Waals surface area (Å²) in [4.78, 5) is 11.9. The van der Waals surface area contributed by atoms with Gasteiger partial charge in [-0.1, -0.05) is 17.7 Å². The third-order valence-corrected chi connectivity index (χ3v) is 3.42. The average Bonchev–Trinajstić information content (AvgIpc) is 2.37. The van der Waals surface area contributed by atoms with Crippen molar-refractivity contribution in [2.45, 2.75) is 6.92 Å². The summed E-state index contributed by atoms with van der Waals surface area (Å²) in [6.07, 6.45) is 0. The Kier molecular flexibility index (Phi) is 4.45. The quantitative estimate of drug-likeness (QED) is 0.789. The number of hydrogen-bond acceptors (Lipinski definition) is 1. The zero-order valence-electron chi connectivity index (χ0n) is 10.2. The van der Waals surface area contributed by atoms with Gasteiger partial charge in [-0.3, -0.25) is 0 Å². The Bertz CT molecular complexity index is 599. The van der Waals surface area contributed by atoms with Gasteiger partial charge < -0.3 is 10.6 Å². The highest BCUT2D eigenvalue weighted by atomic mass is 79.9. The van der Waals surface area contributed by atoms with Crippen LogP contribution in [0.25, 0.3) is 0 Å². The Hall–Kier alpha value is -1.52. The van der Waals surface area contributed by atoms with Crippen molar-refractivity contribution in [3.05, 3.63) is 57.5 Å². The molecule has 0 atom stereocenters. The lowest BCUT2D eigenvalue weighted by Gasteiger charge is -2.10. The van der Waals surface area contributed by atoms with Crippen molar-refractivity contribution in [3.8, 4) is 0 Å². The molecule has 5 heteroatoms. The highest BCUT2D eigenvalue weighted by Crippen LogP contribution is 2.23. The van der Waals surface area contributed by atoms with Gasteiger partial charge in [-0.2, -0.15) is 0 Å². The smallest absolute Gasteiger partial charge is 0.308 e. The lowest BCUT2D eigenvalue weighted by atomic mass is 10.2. The van der Waals surface area contributed by atoms with Crippen molar-refractivity contribution in [1.29, 1.82) is 0 Å². The van der Waals surface area contributed by atoms with Crippen molar-refractivity contribution in [2.24, 2.45) is 0 Å². The van der Waals surface area contributed by atoms with Gasteiger partial charge in [-0.05, 0) is 64.8 Å². The number of benzene rings is 2. The van der Waals surface area contributed by atoms with Crippen molar-refractivity contribution < 1.29 is 4.79 Å². The molecule has 0 heterocycles. The molecule has 2 rings (SSSR count). The molecule has 0 saturated heterocycles. The second kappa shape index (κ2) is 6.08. The molecular formula is C14H12BrClN2O. The number of rotatable bonds is 2. The van der Waals surface area contributed by atoms with Gasteiger partial charge in [0.2, 0.25) is 0 Å². The lowest BCUT2D eigenvalue weighted by Crippen LogP contribution is -2.19. The van der Waals surface area contributed by atoms with E-state index in [0.717, 1.165) is 15.7 Å². The highest BCUT2D eigenvalue weighted by molar-refractivity contribution is 9.10. The Morgan fingerprint density at radius 1 is 1.11 bits per heavy atom. The summed E-state index contributed by atoms with van der Waals surface area (Å²) in [6, 6.07) is 12.4. The Labute approximate surface area is 125 Å². The van der Waals surface area contributed by atoms with Crippen LogP contribution in [0, 0.1) is 6.92 Å². The third-order valence-electron chi connectivity index (χ3n) is 2.47. The average molecular weight is 340 g/mol. The van der Waals surface area contributed by atoms with E-state index >= 15 is 0 Å². The van der Waals surface area contributed by atoms with Crippen LogP contribution < -0.4 is 10.6 Å².